The maximum atomic E-state index is 12.8. The van der Waals surface area contributed by atoms with Crippen LogP contribution in [0.5, 0.6) is 5.75 Å². The molecule has 0 bridgehead atoms. The molecule has 4 N–H and O–H groups in total. The van der Waals surface area contributed by atoms with Gasteiger partial charge in [-0.2, -0.15) is 0 Å². The Morgan fingerprint density at radius 2 is 1.88 bits per heavy atom. The lowest BCUT2D eigenvalue weighted by Gasteiger charge is -2.37. The van der Waals surface area contributed by atoms with Crippen LogP contribution in [0.3, 0.4) is 0 Å². The molecular formula is C24H31N5O4S. The Balaban J connectivity index is 1.32. The number of carbonyl (C=O) groups is 1. The highest BCUT2D eigenvalue weighted by Gasteiger charge is 2.23. The van der Waals surface area contributed by atoms with Crippen LogP contribution in [0.4, 0.5) is 5.69 Å². The fraction of sp³-hybridized carbons (Fsp3) is 0.375. The minimum atomic E-state index is -3.28. The largest absolute Gasteiger partial charge is 0.484 e. The van der Waals surface area contributed by atoms with Gasteiger partial charge in [0, 0.05) is 55.5 Å². The maximum absolute atomic E-state index is 12.8. The van der Waals surface area contributed by atoms with E-state index in [0.29, 0.717) is 38.5 Å². The first-order chi connectivity index (χ1) is 16.3. The summed E-state index contributed by atoms with van der Waals surface area (Å²) in [5.41, 5.74) is 9.74. The van der Waals surface area contributed by atoms with Gasteiger partial charge in [-0.3, -0.25) is 4.79 Å². The first-order valence-corrected chi connectivity index (χ1v) is 13.2. The van der Waals surface area contributed by atoms with E-state index < -0.39 is 10.0 Å². The molecule has 1 saturated heterocycles. The van der Waals surface area contributed by atoms with Crippen molar-refractivity contribution in [3.63, 3.8) is 0 Å². The highest BCUT2D eigenvalue weighted by atomic mass is 32.2. The van der Waals surface area contributed by atoms with Crippen molar-refractivity contribution in [2.24, 2.45) is 5.73 Å². The molecule has 1 fully saturated rings. The van der Waals surface area contributed by atoms with Crippen LogP contribution in [0.2, 0.25) is 0 Å². The summed E-state index contributed by atoms with van der Waals surface area (Å²) in [5, 5.41) is 1.06. The third-order valence-electron chi connectivity index (χ3n) is 6.00. The molecule has 4 rings (SSSR count). The second-order valence-electron chi connectivity index (χ2n) is 8.44. The number of ether oxygens (including phenoxy) is 1. The molecule has 1 aliphatic rings. The van der Waals surface area contributed by atoms with Gasteiger partial charge in [-0.25, -0.2) is 13.1 Å². The number of piperazine rings is 1. The van der Waals surface area contributed by atoms with E-state index in [1.54, 1.807) is 0 Å². The highest BCUT2D eigenvalue weighted by molar-refractivity contribution is 7.88. The molecule has 0 atom stereocenters. The second-order valence-corrected chi connectivity index (χ2v) is 10.3. The molecule has 0 unspecified atom stereocenters. The minimum absolute atomic E-state index is 0.0168. The van der Waals surface area contributed by atoms with Crippen molar-refractivity contribution in [1.82, 2.24) is 14.6 Å². The van der Waals surface area contributed by atoms with Crippen LogP contribution in [0.1, 0.15) is 11.1 Å². The van der Waals surface area contributed by atoms with Crippen LogP contribution in [0.15, 0.2) is 48.7 Å². The quantitative estimate of drug-likeness (QED) is 0.422. The SMILES string of the molecule is CS(=O)(=O)NCc1ccccc1N1CCN(C(=O)COc2ccc3[nH]cc(CCN)c3c2)CC1. The van der Waals surface area contributed by atoms with Crippen molar-refractivity contribution in [2.75, 3.05) is 50.5 Å². The van der Waals surface area contributed by atoms with Crippen molar-refractivity contribution >= 4 is 32.5 Å². The maximum Gasteiger partial charge on any atom is 0.260 e. The number of carbonyl (C=O) groups excluding carboxylic acids is 1. The first-order valence-electron chi connectivity index (χ1n) is 11.3. The van der Waals surface area contributed by atoms with Gasteiger partial charge in [0.25, 0.3) is 5.91 Å². The smallest absolute Gasteiger partial charge is 0.260 e. The molecule has 2 aromatic carbocycles. The molecule has 9 nitrogen and oxygen atoms in total. The average Bonchev–Trinajstić information content (AvgIpc) is 3.23. The van der Waals surface area contributed by atoms with Crippen molar-refractivity contribution in [1.29, 1.82) is 0 Å². The molecule has 182 valence electrons. The number of para-hydroxylation sites is 1. The number of sulfonamides is 1. The first kappa shape index (κ1) is 24.1. The Bertz CT molecular complexity index is 1250. The summed E-state index contributed by atoms with van der Waals surface area (Å²) in [5.74, 6) is 0.604. The molecular weight excluding hydrogens is 454 g/mol. The van der Waals surface area contributed by atoms with Gasteiger partial charge in [0.2, 0.25) is 10.0 Å². The summed E-state index contributed by atoms with van der Waals surface area (Å²) in [6, 6.07) is 13.5. The Kier molecular flexibility index (Phi) is 7.40. The molecule has 1 aliphatic heterocycles. The molecule has 0 aliphatic carbocycles. The van der Waals surface area contributed by atoms with E-state index in [9.17, 15) is 13.2 Å². The number of nitrogens with one attached hydrogen (secondary N) is 2. The second kappa shape index (κ2) is 10.5. The van der Waals surface area contributed by atoms with Crippen LogP contribution in [0.25, 0.3) is 10.9 Å². The molecule has 3 aromatic rings. The van der Waals surface area contributed by atoms with Gasteiger partial charge >= 0.3 is 0 Å². The molecule has 0 spiro atoms. The van der Waals surface area contributed by atoms with Crippen molar-refractivity contribution in [3.05, 3.63) is 59.8 Å². The number of benzene rings is 2. The lowest BCUT2D eigenvalue weighted by molar-refractivity contribution is -0.133. The zero-order valence-electron chi connectivity index (χ0n) is 19.3. The molecule has 10 heteroatoms. The number of rotatable bonds is 9. The van der Waals surface area contributed by atoms with Gasteiger partial charge < -0.3 is 25.3 Å². The lowest BCUT2D eigenvalue weighted by atomic mass is 10.1. The summed E-state index contributed by atoms with van der Waals surface area (Å²) in [6.45, 7) is 3.28. The van der Waals surface area contributed by atoms with Crippen molar-refractivity contribution in [2.45, 2.75) is 13.0 Å². The number of H-pyrrole nitrogens is 1. The van der Waals surface area contributed by atoms with E-state index in [-0.39, 0.29) is 19.1 Å². The average molecular weight is 486 g/mol. The summed E-state index contributed by atoms with van der Waals surface area (Å²) in [7, 11) is -3.28. The zero-order valence-corrected chi connectivity index (χ0v) is 20.1. The summed E-state index contributed by atoms with van der Waals surface area (Å²) >= 11 is 0. The molecule has 0 saturated carbocycles. The molecule has 34 heavy (non-hydrogen) atoms. The number of aromatic amines is 1. The van der Waals surface area contributed by atoms with E-state index in [0.717, 1.165) is 40.4 Å². The number of amides is 1. The van der Waals surface area contributed by atoms with E-state index >= 15 is 0 Å². The summed E-state index contributed by atoms with van der Waals surface area (Å²) in [4.78, 5) is 20.0. The van der Waals surface area contributed by atoms with Crippen LogP contribution in [-0.2, 0) is 27.8 Å². The van der Waals surface area contributed by atoms with Gasteiger partial charge in [-0.05, 0) is 48.4 Å². The third kappa shape index (κ3) is 5.88. The fourth-order valence-corrected chi connectivity index (χ4v) is 4.64. The number of nitrogens with two attached hydrogens (primary N) is 1. The number of hydrogen-bond acceptors (Lipinski definition) is 6. The Hall–Kier alpha value is -3.08. The zero-order chi connectivity index (χ0) is 24.1. The molecule has 1 amide bonds. The topological polar surface area (TPSA) is 121 Å². The van der Waals surface area contributed by atoms with Crippen molar-refractivity contribution < 1.29 is 17.9 Å². The Morgan fingerprint density at radius 1 is 1.12 bits per heavy atom. The van der Waals surface area contributed by atoms with E-state index in [1.807, 2.05) is 53.6 Å². The predicted octanol–water partition coefficient (Wildman–Crippen LogP) is 1.45. The number of anilines is 1. The number of nitrogens with zero attached hydrogens (tertiary/aromatic N) is 2. The molecule has 0 radical (unpaired) electrons. The van der Waals surface area contributed by atoms with Crippen LogP contribution in [-0.4, -0.2) is 69.8 Å². The van der Waals surface area contributed by atoms with Crippen molar-refractivity contribution in [3.8, 4) is 5.75 Å². The van der Waals surface area contributed by atoms with E-state index in [2.05, 4.69) is 14.6 Å². The number of hydrogen-bond donors (Lipinski definition) is 3. The van der Waals surface area contributed by atoms with Gasteiger partial charge in [0.05, 0.1) is 6.26 Å². The Labute approximate surface area is 199 Å². The van der Waals surface area contributed by atoms with Crippen LogP contribution < -0.4 is 20.1 Å². The van der Waals surface area contributed by atoms with Crippen LogP contribution in [0, 0.1) is 0 Å². The third-order valence-corrected chi connectivity index (χ3v) is 6.67. The van der Waals surface area contributed by atoms with Gasteiger partial charge in [0.1, 0.15) is 5.75 Å². The minimum Gasteiger partial charge on any atom is -0.484 e. The molecule has 1 aromatic heterocycles. The summed E-state index contributed by atoms with van der Waals surface area (Å²) in [6.07, 6.45) is 3.89. The predicted molar refractivity (Wildman–Crippen MR) is 133 cm³/mol. The summed E-state index contributed by atoms with van der Waals surface area (Å²) < 4.78 is 31.3. The van der Waals surface area contributed by atoms with Gasteiger partial charge in [0.15, 0.2) is 6.61 Å². The number of fused-ring (bicyclic) bond motifs is 1. The molecule has 2 heterocycles. The standard InChI is InChI=1S/C24H31N5O4S/c1-34(31,32)27-16-19-4-2-3-5-23(19)28-10-12-29(13-11-28)24(30)17-33-20-6-7-22-21(14-20)18(8-9-25)15-26-22/h2-7,14-15,26-27H,8-13,16-17,25H2,1H3. The normalized spacial score (nSPS) is 14.5. The van der Waals surface area contributed by atoms with E-state index in [4.69, 9.17) is 10.5 Å². The lowest BCUT2D eigenvalue weighted by Crippen LogP contribution is -2.50. The monoisotopic (exact) mass is 485 g/mol. The van der Waals surface area contributed by atoms with Gasteiger partial charge in [-0.1, -0.05) is 18.2 Å². The fourth-order valence-electron chi connectivity index (χ4n) is 4.22. The van der Waals surface area contributed by atoms with E-state index in [1.165, 1.54) is 0 Å². The number of aromatic nitrogens is 1. The Morgan fingerprint density at radius 3 is 2.62 bits per heavy atom. The highest BCUT2D eigenvalue weighted by Crippen LogP contribution is 2.25. The van der Waals surface area contributed by atoms with Crippen LogP contribution >= 0.6 is 0 Å². The van der Waals surface area contributed by atoms with Gasteiger partial charge in [-0.15, -0.1) is 0 Å².